The highest BCUT2D eigenvalue weighted by Crippen LogP contribution is 2.28. The highest BCUT2D eigenvalue weighted by Gasteiger charge is 2.21. The number of hydrogen-bond donors (Lipinski definition) is 0. The van der Waals surface area contributed by atoms with E-state index in [9.17, 15) is 14.9 Å². The van der Waals surface area contributed by atoms with Crippen LogP contribution in [0.15, 0.2) is 54.6 Å². The van der Waals surface area contributed by atoms with Gasteiger partial charge in [0.2, 0.25) is 0 Å². The van der Waals surface area contributed by atoms with Gasteiger partial charge in [-0.15, -0.1) is 0 Å². The predicted molar refractivity (Wildman–Crippen MR) is 90.0 cm³/mol. The number of rotatable bonds is 3. The van der Waals surface area contributed by atoms with Crippen molar-refractivity contribution < 1.29 is 9.72 Å². The van der Waals surface area contributed by atoms with E-state index in [1.165, 1.54) is 6.07 Å². The molecule has 0 bridgehead atoms. The summed E-state index contributed by atoms with van der Waals surface area (Å²) in [6, 6.07) is 16.2. The van der Waals surface area contributed by atoms with Gasteiger partial charge in [0.1, 0.15) is 0 Å². The second-order valence-corrected chi connectivity index (χ2v) is 5.51. The predicted octanol–water partition coefficient (Wildman–Crippen LogP) is 4.60. The number of carbonyl (C=O) groups excluding carboxylic acids is 1. The van der Waals surface area contributed by atoms with E-state index in [0.717, 1.165) is 16.3 Å². The summed E-state index contributed by atoms with van der Waals surface area (Å²) in [6.45, 7) is 3.50. The van der Waals surface area contributed by atoms with Crippen molar-refractivity contribution in [2.75, 3.05) is 0 Å². The van der Waals surface area contributed by atoms with Crippen molar-refractivity contribution in [1.29, 1.82) is 0 Å². The number of aryl methyl sites for hydroxylation is 1. The number of fused-ring (bicyclic) bond motifs is 1. The molecule has 114 valence electrons. The number of carbonyl (C=O) groups is 1. The molecule has 0 amide bonds. The molecule has 0 fully saturated rings. The Kier molecular flexibility index (Phi) is 3.66. The molecule has 0 radical (unpaired) electrons. The third-order valence-corrected chi connectivity index (χ3v) is 4.11. The highest BCUT2D eigenvalue weighted by molar-refractivity contribution is 6.18. The molecule has 0 unspecified atom stereocenters. The second-order valence-electron chi connectivity index (χ2n) is 5.51. The number of benzene rings is 3. The Bertz CT molecular complexity index is 944. The zero-order valence-corrected chi connectivity index (χ0v) is 12.9. The van der Waals surface area contributed by atoms with Crippen molar-refractivity contribution in [3.8, 4) is 0 Å². The first-order valence-electron chi connectivity index (χ1n) is 7.27. The Hall–Kier alpha value is -3.01. The summed E-state index contributed by atoms with van der Waals surface area (Å²) in [5.41, 5.74) is 2.20. The lowest BCUT2D eigenvalue weighted by atomic mass is 9.91. The van der Waals surface area contributed by atoms with Gasteiger partial charge in [-0.2, -0.15) is 0 Å². The number of nitrogens with zero attached hydrogens (tertiary/aromatic N) is 1. The first kappa shape index (κ1) is 14.9. The van der Waals surface area contributed by atoms with Crippen molar-refractivity contribution in [3.05, 3.63) is 87.0 Å². The van der Waals surface area contributed by atoms with Crippen LogP contribution in [0.25, 0.3) is 10.8 Å². The smallest absolute Gasteiger partial charge is 0.273 e. The summed E-state index contributed by atoms with van der Waals surface area (Å²) >= 11 is 0. The molecule has 3 rings (SSSR count). The lowest BCUT2D eigenvalue weighted by Crippen LogP contribution is -2.08. The van der Waals surface area contributed by atoms with Gasteiger partial charge >= 0.3 is 0 Å². The summed E-state index contributed by atoms with van der Waals surface area (Å²) in [5.74, 6) is -0.180. The van der Waals surface area contributed by atoms with E-state index in [0.29, 0.717) is 16.7 Å². The summed E-state index contributed by atoms with van der Waals surface area (Å²) in [6.07, 6.45) is 0. The number of nitro groups is 1. The van der Waals surface area contributed by atoms with Crippen molar-refractivity contribution in [2.45, 2.75) is 13.8 Å². The molecular formula is C19H15NO3. The molecule has 0 saturated carbocycles. The van der Waals surface area contributed by atoms with E-state index in [-0.39, 0.29) is 11.5 Å². The molecule has 3 aromatic rings. The monoisotopic (exact) mass is 305 g/mol. The largest absolute Gasteiger partial charge is 0.289 e. The van der Waals surface area contributed by atoms with Gasteiger partial charge in [-0.1, -0.05) is 48.5 Å². The van der Waals surface area contributed by atoms with E-state index >= 15 is 0 Å². The molecular weight excluding hydrogens is 290 g/mol. The fourth-order valence-electron chi connectivity index (χ4n) is 2.88. The van der Waals surface area contributed by atoms with Crippen molar-refractivity contribution in [3.63, 3.8) is 0 Å². The zero-order valence-electron chi connectivity index (χ0n) is 12.9. The minimum Gasteiger partial charge on any atom is -0.289 e. The molecule has 4 nitrogen and oxygen atoms in total. The Morgan fingerprint density at radius 2 is 1.70 bits per heavy atom. The van der Waals surface area contributed by atoms with Crippen molar-refractivity contribution in [1.82, 2.24) is 0 Å². The fourth-order valence-corrected chi connectivity index (χ4v) is 2.88. The molecule has 0 saturated heterocycles. The normalized spacial score (nSPS) is 10.7. The van der Waals surface area contributed by atoms with Gasteiger partial charge in [-0.3, -0.25) is 14.9 Å². The Labute approximate surface area is 133 Å². The van der Waals surface area contributed by atoms with Crippen LogP contribution in [0, 0.1) is 24.0 Å². The molecule has 4 heteroatoms. The van der Waals surface area contributed by atoms with Crippen LogP contribution in [-0.2, 0) is 0 Å². The Morgan fingerprint density at radius 1 is 0.957 bits per heavy atom. The summed E-state index contributed by atoms with van der Waals surface area (Å²) in [7, 11) is 0. The highest BCUT2D eigenvalue weighted by atomic mass is 16.6. The molecule has 0 N–H and O–H groups in total. The number of ketones is 1. The average Bonchev–Trinajstić information content (AvgIpc) is 2.54. The second kappa shape index (κ2) is 5.65. The van der Waals surface area contributed by atoms with Gasteiger partial charge < -0.3 is 0 Å². The summed E-state index contributed by atoms with van der Waals surface area (Å²) in [4.78, 5) is 23.7. The van der Waals surface area contributed by atoms with E-state index in [1.807, 2.05) is 43.3 Å². The summed E-state index contributed by atoms with van der Waals surface area (Å²) < 4.78 is 0. The van der Waals surface area contributed by atoms with Gasteiger partial charge in [-0.05, 0) is 30.2 Å². The minimum atomic E-state index is -0.456. The van der Waals surface area contributed by atoms with Crippen LogP contribution in [0.1, 0.15) is 27.0 Å². The van der Waals surface area contributed by atoms with E-state index in [4.69, 9.17) is 0 Å². The van der Waals surface area contributed by atoms with Gasteiger partial charge in [0, 0.05) is 22.8 Å². The molecule has 23 heavy (non-hydrogen) atoms. The van der Waals surface area contributed by atoms with Gasteiger partial charge in [0.15, 0.2) is 5.78 Å². The van der Waals surface area contributed by atoms with Crippen molar-refractivity contribution in [2.24, 2.45) is 0 Å². The van der Waals surface area contributed by atoms with Gasteiger partial charge in [-0.25, -0.2) is 0 Å². The van der Waals surface area contributed by atoms with Crippen LogP contribution < -0.4 is 0 Å². The fraction of sp³-hybridized carbons (Fsp3) is 0.105. The van der Waals surface area contributed by atoms with Crippen molar-refractivity contribution >= 4 is 22.2 Å². The molecule has 0 spiro atoms. The Morgan fingerprint density at radius 3 is 2.43 bits per heavy atom. The maximum atomic E-state index is 13.1. The van der Waals surface area contributed by atoms with Crippen LogP contribution in [0.4, 0.5) is 5.69 Å². The maximum absolute atomic E-state index is 13.1. The molecule has 0 aromatic heterocycles. The first-order valence-corrected chi connectivity index (χ1v) is 7.27. The third-order valence-electron chi connectivity index (χ3n) is 4.11. The quantitative estimate of drug-likeness (QED) is 0.404. The SMILES string of the molecule is Cc1ccc2ccccc2c1C(=O)c1cccc([N+](=O)[O-])c1C. The lowest BCUT2D eigenvalue weighted by molar-refractivity contribution is -0.385. The van der Waals surface area contributed by atoms with Crippen LogP contribution in [0.5, 0.6) is 0 Å². The van der Waals surface area contributed by atoms with E-state index < -0.39 is 4.92 Å². The number of nitro benzene ring substituents is 1. The van der Waals surface area contributed by atoms with Crippen LogP contribution in [0.2, 0.25) is 0 Å². The molecule has 0 aliphatic carbocycles. The molecule has 0 heterocycles. The molecule has 0 aliphatic heterocycles. The lowest BCUT2D eigenvalue weighted by Gasteiger charge is -2.11. The number of hydrogen-bond acceptors (Lipinski definition) is 3. The van der Waals surface area contributed by atoms with Crippen LogP contribution >= 0.6 is 0 Å². The molecule has 0 atom stereocenters. The van der Waals surface area contributed by atoms with Crippen LogP contribution in [-0.4, -0.2) is 10.7 Å². The maximum Gasteiger partial charge on any atom is 0.273 e. The van der Waals surface area contributed by atoms with Crippen LogP contribution in [0.3, 0.4) is 0 Å². The average molecular weight is 305 g/mol. The first-order chi connectivity index (χ1) is 11.0. The van der Waals surface area contributed by atoms with E-state index in [1.54, 1.807) is 19.1 Å². The molecule has 0 aliphatic rings. The summed E-state index contributed by atoms with van der Waals surface area (Å²) in [5, 5.41) is 12.9. The third kappa shape index (κ3) is 2.48. The van der Waals surface area contributed by atoms with Gasteiger partial charge in [0.05, 0.1) is 4.92 Å². The zero-order chi connectivity index (χ0) is 16.6. The molecule has 3 aromatic carbocycles. The standard InChI is InChI=1S/C19H15NO3/c1-12-10-11-14-6-3-4-7-16(14)18(12)19(21)15-8-5-9-17(13(15)2)20(22)23/h3-11H,1-2H3. The Balaban J connectivity index is 2.25. The topological polar surface area (TPSA) is 60.2 Å². The minimum absolute atomic E-state index is 0.0336. The van der Waals surface area contributed by atoms with E-state index in [2.05, 4.69) is 0 Å². The van der Waals surface area contributed by atoms with Gasteiger partial charge in [0.25, 0.3) is 5.69 Å².